The summed E-state index contributed by atoms with van der Waals surface area (Å²) in [4.78, 5) is 29.5. The van der Waals surface area contributed by atoms with Crippen LogP contribution in [-0.2, 0) is 9.59 Å². The second-order valence-electron chi connectivity index (χ2n) is 11.7. The quantitative estimate of drug-likeness (QED) is 0.486. The Morgan fingerprint density at radius 3 is 2.57 bits per heavy atom. The van der Waals surface area contributed by atoms with Crippen LogP contribution >= 0.6 is 0 Å². The zero-order chi connectivity index (χ0) is 24.3. The van der Waals surface area contributed by atoms with Gasteiger partial charge in [0.05, 0.1) is 0 Å². The number of aromatic nitrogens is 1. The van der Waals surface area contributed by atoms with Crippen molar-refractivity contribution in [3.05, 3.63) is 77.2 Å². The number of ketones is 2. The van der Waals surface area contributed by atoms with Crippen molar-refractivity contribution in [3.63, 3.8) is 0 Å². The number of nitrogens with zero attached hydrogens (tertiary/aromatic N) is 1. The van der Waals surface area contributed by atoms with Crippen LogP contribution in [-0.4, -0.2) is 16.6 Å². The molecule has 2 fully saturated rings. The summed E-state index contributed by atoms with van der Waals surface area (Å²) in [6.07, 6.45) is 11.5. The van der Waals surface area contributed by atoms with E-state index in [4.69, 9.17) is 0 Å². The van der Waals surface area contributed by atoms with Crippen molar-refractivity contribution in [2.24, 2.45) is 29.1 Å². The highest BCUT2D eigenvalue weighted by atomic mass is 16.1. The molecule has 0 bridgehead atoms. The Morgan fingerprint density at radius 2 is 1.86 bits per heavy atom. The molecule has 0 aliphatic heterocycles. The van der Waals surface area contributed by atoms with Crippen molar-refractivity contribution in [2.75, 3.05) is 0 Å². The van der Waals surface area contributed by atoms with Crippen molar-refractivity contribution < 1.29 is 9.59 Å². The Labute approximate surface area is 208 Å². The van der Waals surface area contributed by atoms with Crippen LogP contribution in [0, 0.1) is 29.1 Å². The monoisotopic (exact) mass is 465 g/mol. The molecular formula is C32H35NO2. The van der Waals surface area contributed by atoms with Crippen molar-refractivity contribution in [3.8, 4) is 11.1 Å². The number of carbonyl (C=O) groups is 2. The van der Waals surface area contributed by atoms with Gasteiger partial charge in [-0.1, -0.05) is 49.8 Å². The molecule has 0 amide bonds. The fourth-order valence-electron chi connectivity index (χ4n) is 8.63. The van der Waals surface area contributed by atoms with E-state index in [9.17, 15) is 9.59 Å². The van der Waals surface area contributed by atoms with Crippen LogP contribution < -0.4 is 0 Å². The molecule has 2 aromatic rings. The Morgan fingerprint density at radius 1 is 1.06 bits per heavy atom. The van der Waals surface area contributed by atoms with Crippen LogP contribution in [0.3, 0.4) is 0 Å². The summed E-state index contributed by atoms with van der Waals surface area (Å²) in [7, 11) is 0. The number of hydrogen-bond acceptors (Lipinski definition) is 3. The van der Waals surface area contributed by atoms with Gasteiger partial charge in [-0.05, 0) is 102 Å². The van der Waals surface area contributed by atoms with E-state index < -0.39 is 0 Å². The molecule has 3 heteroatoms. The highest BCUT2D eigenvalue weighted by molar-refractivity contribution is 5.93. The first-order valence-electron chi connectivity index (χ1n) is 13.3. The average Bonchev–Trinajstić information content (AvgIpc) is 3.13. The van der Waals surface area contributed by atoms with Gasteiger partial charge in [0.2, 0.25) is 0 Å². The Hall–Kier alpha value is -2.81. The van der Waals surface area contributed by atoms with E-state index in [0.717, 1.165) is 37.7 Å². The van der Waals surface area contributed by atoms with E-state index >= 15 is 0 Å². The van der Waals surface area contributed by atoms with Crippen molar-refractivity contribution >= 4 is 11.6 Å². The van der Waals surface area contributed by atoms with Gasteiger partial charge in [0.25, 0.3) is 0 Å². The first-order valence-corrected chi connectivity index (χ1v) is 13.3. The Kier molecular flexibility index (Phi) is 5.43. The molecule has 2 saturated carbocycles. The van der Waals surface area contributed by atoms with E-state index in [-0.39, 0.29) is 17.1 Å². The molecule has 4 aliphatic carbocycles. The van der Waals surface area contributed by atoms with Crippen LogP contribution in [0.5, 0.6) is 0 Å². The lowest BCUT2D eigenvalue weighted by molar-refractivity contribution is -0.126. The lowest BCUT2D eigenvalue weighted by atomic mass is 9.51. The fraction of sp³-hybridized carbons (Fsp3) is 0.469. The lowest BCUT2D eigenvalue weighted by Gasteiger charge is -2.52. The van der Waals surface area contributed by atoms with Crippen LogP contribution in [0.25, 0.3) is 11.1 Å². The number of hydrogen-bond donors (Lipinski definition) is 0. The van der Waals surface area contributed by atoms with Crippen LogP contribution in [0.1, 0.15) is 70.8 Å². The van der Waals surface area contributed by atoms with Crippen molar-refractivity contribution in [1.82, 2.24) is 4.98 Å². The normalized spacial score (nSPS) is 34.1. The highest BCUT2D eigenvalue weighted by Crippen LogP contribution is 2.67. The molecule has 35 heavy (non-hydrogen) atoms. The van der Waals surface area contributed by atoms with Gasteiger partial charge >= 0.3 is 0 Å². The summed E-state index contributed by atoms with van der Waals surface area (Å²) >= 11 is 0. The Balaban J connectivity index is 1.48. The number of rotatable bonds is 3. The number of allylic oxidation sites excluding steroid dienone is 4. The molecule has 0 saturated heterocycles. The van der Waals surface area contributed by atoms with Crippen LogP contribution in [0.2, 0.25) is 0 Å². The molecule has 0 N–H and O–H groups in total. The molecule has 6 rings (SSSR count). The predicted molar refractivity (Wildman–Crippen MR) is 139 cm³/mol. The minimum atomic E-state index is 0.0262. The van der Waals surface area contributed by atoms with Gasteiger partial charge in [-0.15, -0.1) is 0 Å². The van der Waals surface area contributed by atoms with Gasteiger partial charge in [0.1, 0.15) is 5.78 Å². The molecule has 0 spiro atoms. The molecule has 4 aliphatic rings. The second kappa shape index (κ2) is 8.40. The van der Waals surface area contributed by atoms with Gasteiger partial charge in [-0.25, -0.2) is 0 Å². The fourth-order valence-corrected chi connectivity index (χ4v) is 8.63. The standard InChI is InChI=1S/C32H35NO2/c1-19-15-29-27-12-10-23-16-25(35)11-13-26(23)30(27)28(17-32(29,3)31(19)20(2)34)22-8-6-21(7-9-22)24-5-4-14-33-18-24/h4-9,14,16,18-19,27-29,31H,10-13,15,17H2,1-3H3/t19-,27?,28-,29?,31-,32?/m1/s1. The summed E-state index contributed by atoms with van der Waals surface area (Å²) in [5, 5.41) is 0. The number of benzene rings is 1. The average molecular weight is 466 g/mol. The minimum absolute atomic E-state index is 0.0262. The third-order valence-electron chi connectivity index (χ3n) is 9.82. The minimum Gasteiger partial charge on any atom is -0.300 e. The third-order valence-corrected chi connectivity index (χ3v) is 9.82. The first-order chi connectivity index (χ1) is 16.9. The van der Waals surface area contributed by atoms with E-state index in [1.807, 2.05) is 31.5 Å². The van der Waals surface area contributed by atoms with Gasteiger partial charge in [-0.3, -0.25) is 14.6 Å². The zero-order valence-corrected chi connectivity index (χ0v) is 21.1. The SMILES string of the molecule is CC(=O)[C@H]1[C@H](C)CC2C3CCC4=CC(=O)CCC4=C3[C@@H](c3ccc(-c4cccnc4)cc3)CC21C. The predicted octanol–water partition coefficient (Wildman–Crippen LogP) is 7.10. The summed E-state index contributed by atoms with van der Waals surface area (Å²) in [5.41, 5.74) is 8.06. The van der Waals surface area contributed by atoms with Gasteiger partial charge in [0, 0.05) is 30.7 Å². The second-order valence-corrected chi connectivity index (χ2v) is 11.7. The number of pyridine rings is 1. The smallest absolute Gasteiger partial charge is 0.156 e. The van der Waals surface area contributed by atoms with Gasteiger partial charge in [-0.2, -0.15) is 0 Å². The van der Waals surface area contributed by atoms with Crippen molar-refractivity contribution in [1.29, 1.82) is 0 Å². The summed E-state index contributed by atoms with van der Waals surface area (Å²) in [5.74, 6) is 2.61. The van der Waals surface area contributed by atoms with Crippen molar-refractivity contribution in [2.45, 2.75) is 65.2 Å². The number of Topliss-reactive ketones (excluding diaryl/α,β-unsaturated/α-hetero) is 1. The van der Waals surface area contributed by atoms with E-state index in [1.54, 1.807) is 5.57 Å². The van der Waals surface area contributed by atoms with E-state index in [2.05, 4.69) is 49.2 Å². The first kappa shape index (κ1) is 22.6. The van der Waals surface area contributed by atoms with E-state index in [1.165, 1.54) is 22.3 Å². The molecule has 6 atom stereocenters. The van der Waals surface area contributed by atoms with Gasteiger partial charge < -0.3 is 0 Å². The summed E-state index contributed by atoms with van der Waals surface area (Å²) in [6.45, 7) is 6.53. The lowest BCUT2D eigenvalue weighted by Crippen LogP contribution is -2.45. The van der Waals surface area contributed by atoms with Crippen LogP contribution in [0.15, 0.2) is 71.6 Å². The molecule has 1 aromatic carbocycles. The summed E-state index contributed by atoms with van der Waals surface area (Å²) in [6, 6.07) is 13.1. The molecule has 0 radical (unpaired) electrons. The highest BCUT2D eigenvalue weighted by Gasteiger charge is 2.59. The largest absolute Gasteiger partial charge is 0.300 e. The molecule has 3 nitrogen and oxygen atoms in total. The maximum Gasteiger partial charge on any atom is 0.156 e. The maximum atomic E-state index is 12.9. The molecule has 1 heterocycles. The summed E-state index contributed by atoms with van der Waals surface area (Å²) < 4.78 is 0. The zero-order valence-electron chi connectivity index (χ0n) is 21.1. The topological polar surface area (TPSA) is 47.0 Å². The van der Waals surface area contributed by atoms with E-state index in [0.29, 0.717) is 35.9 Å². The molecular weight excluding hydrogens is 430 g/mol. The molecule has 180 valence electrons. The molecule has 3 unspecified atom stereocenters. The molecule has 1 aromatic heterocycles. The van der Waals surface area contributed by atoms with Gasteiger partial charge in [0.15, 0.2) is 5.78 Å². The Bertz CT molecular complexity index is 1240. The number of fused-ring (bicyclic) bond motifs is 4. The third kappa shape index (κ3) is 3.58. The van der Waals surface area contributed by atoms with Crippen LogP contribution in [0.4, 0.5) is 0 Å². The maximum absolute atomic E-state index is 12.9. The number of carbonyl (C=O) groups excluding carboxylic acids is 2.